The maximum atomic E-state index is 5.99. The van der Waals surface area contributed by atoms with Crippen molar-refractivity contribution in [3.05, 3.63) is 63.1 Å². The molecule has 0 aromatic heterocycles. The molecule has 17 heavy (non-hydrogen) atoms. The zero-order valence-electron chi connectivity index (χ0n) is 8.70. The van der Waals surface area contributed by atoms with Gasteiger partial charge in [0.1, 0.15) is 0 Å². The highest BCUT2D eigenvalue weighted by molar-refractivity contribution is 6.42. The van der Waals surface area contributed by atoms with Crippen LogP contribution in [0.3, 0.4) is 0 Å². The minimum absolute atomic E-state index is 0.509. The second-order valence-corrected chi connectivity index (χ2v) is 4.60. The highest BCUT2D eigenvalue weighted by Gasteiger charge is 1.98. The molecule has 0 bridgehead atoms. The zero-order valence-corrected chi connectivity index (χ0v) is 11.0. The molecule has 4 heteroatoms. The summed E-state index contributed by atoms with van der Waals surface area (Å²) in [6, 6.07) is 12.7. The molecule has 0 aliphatic carbocycles. The van der Waals surface area contributed by atoms with Crippen LogP contribution in [0.25, 0.3) is 0 Å². The molecule has 0 spiro atoms. The van der Waals surface area contributed by atoms with Crippen molar-refractivity contribution in [3.8, 4) is 0 Å². The molecule has 2 aromatic carbocycles. The van der Waals surface area contributed by atoms with E-state index in [1.165, 1.54) is 0 Å². The number of halogens is 3. The number of nitrogens with zero attached hydrogens (tertiary/aromatic N) is 1. The van der Waals surface area contributed by atoms with Crippen LogP contribution in [-0.2, 0) is 0 Å². The molecule has 2 aromatic rings. The van der Waals surface area contributed by atoms with Crippen LogP contribution in [0, 0.1) is 0 Å². The van der Waals surface area contributed by atoms with Crippen molar-refractivity contribution >= 4 is 46.7 Å². The third-order valence-corrected chi connectivity index (χ3v) is 3.21. The Morgan fingerprint density at radius 1 is 0.824 bits per heavy atom. The van der Waals surface area contributed by atoms with E-state index in [9.17, 15) is 0 Å². The molecule has 2 rings (SSSR count). The molecular weight excluding hydrogens is 277 g/mol. The van der Waals surface area contributed by atoms with E-state index in [0.29, 0.717) is 15.1 Å². The number of hydrogen-bond acceptors (Lipinski definition) is 1. The Labute approximate surface area is 115 Å². The van der Waals surface area contributed by atoms with Gasteiger partial charge in [0.05, 0.1) is 20.8 Å². The normalized spacial score (nSPS) is 11.0. The molecule has 0 aliphatic heterocycles. The molecule has 0 N–H and O–H groups in total. The van der Waals surface area contributed by atoms with Gasteiger partial charge in [0.15, 0.2) is 0 Å². The van der Waals surface area contributed by atoms with E-state index in [0.717, 1.165) is 11.3 Å². The summed E-state index contributed by atoms with van der Waals surface area (Å²) in [6.45, 7) is 0. The molecule has 0 saturated carbocycles. The smallest absolute Gasteiger partial charge is 0.0816 e. The monoisotopic (exact) mass is 283 g/mol. The Hall–Kier alpha value is -1.02. The topological polar surface area (TPSA) is 12.4 Å². The van der Waals surface area contributed by atoms with E-state index < -0.39 is 0 Å². The first-order valence-corrected chi connectivity index (χ1v) is 6.04. The van der Waals surface area contributed by atoms with Crippen LogP contribution in [-0.4, -0.2) is 6.21 Å². The highest BCUT2D eigenvalue weighted by atomic mass is 35.5. The van der Waals surface area contributed by atoms with E-state index in [4.69, 9.17) is 34.8 Å². The Morgan fingerprint density at radius 2 is 1.59 bits per heavy atom. The molecule has 1 nitrogen and oxygen atoms in total. The van der Waals surface area contributed by atoms with Crippen molar-refractivity contribution in [3.63, 3.8) is 0 Å². The lowest BCUT2D eigenvalue weighted by atomic mass is 10.2. The third kappa shape index (κ3) is 3.22. The second-order valence-electron chi connectivity index (χ2n) is 3.38. The Morgan fingerprint density at radius 3 is 2.29 bits per heavy atom. The van der Waals surface area contributed by atoms with Crippen LogP contribution in [0.5, 0.6) is 0 Å². The third-order valence-electron chi connectivity index (χ3n) is 2.15. The first-order valence-electron chi connectivity index (χ1n) is 4.90. The van der Waals surface area contributed by atoms with Gasteiger partial charge in [0, 0.05) is 6.21 Å². The molecule has 0 aliphatic rings. The summed E-state index contributed by atoms with van der Waals surface area (Å²) in [6.07, 6.45) is 1.70. The molecule has 0 heterocycles. The van der Waals surface area contributed by atoms with E-state index in [1.807, 2.05) is 24.3 Å². The lowest BCUT2D eigenvalue weighted by molar-refractivity contribution is 1.52. The fourth-order valence-electron chi connectivity index (χ4n) is 1.29. The molecule has 0 radical (unpaired) electrons. The fourth-order valence-corrected chi connectivity index (χ4v) is 1.78. The first kappa shape index (κ1) is 12.4. The van der Waals surface area contributed by atoms with Gasteiger partial charge < -0.3 is 0 Å². The summed E-state index contributed by atoms with van der Waals surface area (Å²) < 4.78 is 0. The molecule has 0 unspecified atom stereocenters. The van der Waals surface area contributed by atoms with Gasteiger partial charge in [-0.3, -0.25) is 4.99 Å². The van der Waals surface area contributed by atoms with Crippen LogP contribution in [0.4, 0.5) is 5.69 Å². The number of rotatable bonds is 2. The summed E-state index contributed by atoms with van der Waals surface area (Å²) >= 11 is 17.7. The summed E-state index contributed by atoms with van der Waals surface area (Å²) in [5.74, 6) is 0. The number of aliphatic imine (C=N–C) groups is 1. The van der Waals surface area contributed by atoms with E-state index in [1.54, 1.807) is 24.4 Å². The average Bonchev–Trinajstić information content (AvgIpc) is 2.32. The lowest BCUT2D eigenvalue weighted by Gasteiger charge is -1.98. The van der Waals surface area contributed by atoms with Crippen LogP contribution < -0.4 is 0 Å². The number of hydrogen-bond donors (Lipinski definition) is 0. The molecule has 86 valence electrons. The van der Waals surface area contributed by atoms with Gasteiger partial charge in [-0.2, -0.15) is 0 Å². The van der Waals surface area contributed by atoms with Crippen LogP contribution in [0.15, 0.2) is 47.5 Å². The molecule has 0 fully saturated rings. The Balaban J connectivity index is 2.26. The number of para-hydroxylation sites is 1. The Bertz CT molecular complexity index is 564. The van der Waals surface area contributed by atoms with Crippen molar-refractivity contribution in [2.45, 2.75) is 0 Å². The van der Waals surface area contributed by atoms with Crippen LogP contribution in [0.1, 0.15) is 5.56 Å². The van der Waals surface area contributed by atoms with Gasteiger partial charge in [0.25, 0.3) is 0 Å². The highest BCUT2D eigenvalue weighted by Crippen LogP contribution is 2.25. The second kappa shape index (κ2) is 5.54. The molecule has 0 amide bonds. The standard InChI is InChI=1S/C13H8Cl3N/c14-10-6-5-9(7-12(10)16)8-17-13-4-2-1-3-11(13)15/h1-8H. The predicted octanol–water partition coefficient (Wildman–Crippen LogP) is 5.40. The Kier molecular flexibility index (Phi) is 4.06. The molecule has 0 saturated heterocycles. The quantitative estimate of drug-likeness (QED) is 0.655. The maximum absolute atomic E-state index is 5.99. The van der Waals surface area contributed by atoms with Gasteiger partial charge in [-0.05, 0) is 29.8 Å². The summed E-state index contributed by atoms with van der Waals surface area (Å²) in [7, 11) is 0. The van der Waals surface area contributed by atoms with E-state index >= 15 is 0 Å². The predicted molar refractivity (Wildman–Crippen MR) is 75.2 cm³/mol. The van der Waals surface area contributed by atoms with E-state index in [-0.39, 0.29) is 0 Å². The summed E-state index contributed by atoms with van der Waals surface area (Å²) in [4.78, 5) is 4.29. The van der Waals surface area contributed by atoms with Crippen molar-refractivity contribution in [1.29, 1.82) is 0 Å². The first-order chi connectivity index (χ1) is 8.16. The van der Waals surface area contributed by atoms with Crippen molar-refractivity contribution in [2.75, 3.05) is 0 Å². The van der Waals surface area contributed by atoms with Crippen molar-refractivity contribution < 1.29 is 0 Å². The largest absolute Gasteiger partial charge is 0.255 e. The van der Waals surface area contributed by atoms with Gasteiger partial charge in [-0.25, -0.2) is 0 Å². The van der Waals surface area contributed by atoms with Crippen LogP contribution >= 0.6 is 34.8 Å². The summed E-state index contributed by atoms with van der Waals surface area (Å²) in [5.41, 5.74) is 1.60. The van der Waals surface area contributed by atoms with Gasteiger partial charge in [-0.15, -0.1) is 0 Å². The van der Waals surface area contributed by atoms with Crippen molar-refractivity contribution in [2.24, 2.45) is 4.99 Å². The molecule has 0 atom stereocenters. The van der Waals surface area contributed by atoms with Gasteiger partial charge in [0.2, 0.25) is 0 Å². The minimum Gasteiger partial charge on any atom is -0.255 e. The minimum atomic E-state index is 0.509. The zero-order chi connectivity index (χ0) is 12.3. The van der Waals surface area contributed by atoms with Gasteiger partial charge in [-0.1, -0.05) is 53.0 Å². The van der Waals surface area contributed by atoms with Crippen molar-refractivity contribution in [1.82, 2.24) is 0 Å². The van der Waals surface area contributed by atoms with E-state index in [2.05, 4.69) is 4.99 Å². The lowest BCUT2D eigenvalue weighted by Crippen LogP contribution is -1.81. The number of benzene rings is 2. The average molecular weight is 285 g/mol. The van der Waals surface area contributed by atoms with Gasteiger partial charge >= 0.3 is 0 Å². The SMILES string of the molecule is Clc1ccc(C=Nc2ccccc2Cl)cc1Cl. The fraction of sp³-hybridized carbons (Fsp3) is 0. The van der Waals surface area contributed by atoms with Crippen LogP contribution in [0.2, 0.25) is 15.1 Å². The summed E-state index contributed by atoms with van der Waals surface area (Å²) in [5, 5.41) is 1.65. The molecular formula is C13H8Cl3N. The maximum Gasteiger partial charge on any atom is 0.0816 e.